The third kappa shape index (κ3) is 4.02. The molecule has 0 saturated heterocycles. The highest BCUT2D eigenvalue weighted by atomic mass is 16.5. The van der Waals surface area contributed by atoms with Crippen molar-refractivity contribution in [3.8, 4) is 16.9 Å². The first-order valence-electron chi connectivity index (χ1n) is 10.9. The molecular weight excluding hydrogens is 412 g/mol. The molecule has 4 rings (SSSR count). The first-order valence-corrected chi connectivity index (χ1v) is 10.9. The lowest BCUT2D eigenvalue weighted by Gasteiger charge is -2.23. The summed E-state index contributed by atoms with van der Waals surface area (Å²) in [6.07, 6.45) is 0. The molecule has 1 aromatic heterocycles. The maximum absolute atomic E-state index is 13.8. The minimum atomic E-state index is -0.223. The molecule has 168 valence electrons. The normalized spacial score (nSPS) is 10.9. The minimum Gasteiger partial charge on any atom is -0.496 e. The Morgan fingerprint density at radius 3 is 2.21 bits per heavy atom. The summed E-state index contributed by atoms with van der Waals surface area (Å²) in [5.74, 6) is 0.499. The third-order valence-corrected chi connectivity index (χ3v) is 6.22. The van der Waals surface area contributed by atoms with Gasteiger partial charge in [0.15, 0.2) is 0 Å². The van der Waals surface area contributed by atoms with Gasteiger partial charge >= 0.3 is 0 Å². The van der Waals surface area contributed by atoms with E-state index in [1.807, 2.05) is 80.6 Å². The first kappa shape index (κ1) is 22.3. The van der Waals surface area contributed by atoms with Gasteiger partial charge < -0.3 is 14.2 Å². The minimum absolute atomic E-state index is 0.179. The number of fused-ring (bicyclic) bond motifs is 1. The van der Waals surface area contributed by atoms with Crippen molar-refractivity contribution in [1.29, 1.82) is 0 Å². The summed E-state index contributed by atoms with van der Waals surface area (Å²) in [5.41, 5.74) is 4.89. The van der Waals surface area contributed by atoms with E-state index in [4.69, 9.17) is 4.74 Å². The number of ether oxygens (including phenoxy) is 1. The zero-order valence-corrected chi connectivity index (χ0v) is 19.7. The highest BCUT2D eigenvalue weighted by molar-refractivity contribution is 6.08. The van der Waals surface area contributed by atoms with Crippen molar-refractivity contribution in [3.63, 3.8) is 0 Å². The Hall–Kier alpha value is -3.86. The van der Waals surface area contributed by atoms with Crippen molar-refractivity contribution >= 4 is 16.7 Å². The summed E-state index contributed by atoms with van der Waals surface area (Å²) >= 11 is 0. The summed E-state index contributed by atoms with van der Waals surface area (Å²) in [7, 11) is 5.04. The lowest BCUT2D eigenvalue weighted by atomic mass is 9.93. The fourth-order valence-corrected chi connectivity index (χ4v) is 4.27. The number of hydrogen-bond donors (Lipinski definition) is 0. The fourth-order valence-electron chi connectivity index (χ4n) is 4.27. The van der Waals surface area contributed by atoms with Gasteiger partial charge in [0, 0.05) is 37.2 Å². The van der Waals surface area contributed by atoms with Crippen LogP contribution >= 0.6 is 0 Å². The standard InChI is InChI=1S/C28H28N2O3/c1-18-15-22-23(16-19(18)2)27(31)30(4)26(25(22)20-11-7-6-8-12-20)28(32)29(3)17-21-13-9-10-14-24(21)33-5/h6-16H,17H2,1-5H3. The molecule has 0 aliphatic heterocycles. The lowest BCUT2D eigenvalue weighted by Crippen LogP contribution is -2.33. The van der Waals surface area contributed by atoms with Crippen LogP contribution in [0.15, 0.2) is 71.5 Å². The van der Waals surface area contributed by atoms with Gasteiger partial charge in [-0.15, -0.1) is 0 Å². The molecule has 0 N–H and O–H groups in total. The van der Waals surface area contributed by atoms with E-state index in [1.54, 1.807) is 26.1 Å². The van der Waals surface area contributed by atoms with Crippen LogP contribution in [0.25, 0.3) is 21.9 Å². The molecule has 0 spiro atoms. The average Bonchev–Trinajstić information content (AvgIpc) is 2.83. The van der Waals surface area contributed by atoms with Crippen molar-refractivity contribution in [3.05, 3.63) is 99.5 Å². The highest BCUT2D eigenvalue weighted by Crippen LogP contribution is 2.33. The molecule has 0 atom stereocenters. The van der Waals surface area contributed by atoms with E-state index < -0.39 is 0 Å². The number of benzene rings is 3. The number of hydrogen-bond acceptors (Lipinski definition) is 3. The Balaban J connectivity index is 1.94. The van der Waals surface area contributed by atoms with Crippen LogP contribution in [0.3, 0.4) is 0 Å². The maximum atomic E-state index is 13.8. The number of aryl methyl sites for hydroxylation is 2. The number of carbonyl (C=O) groups is 1. The summed E-state index contributed by atoms with van der Waals surface area (Å²) in [4.78, 5) is 28.8. The van der Waals surface area contributed by atoms with Gasteiger partial charge in [-0.3, -0.25) is 9.59 Å². The molecule has 5 heteroatoms. The second-order valence-corrected chi connectivity index (χ2v) is 8.41. The van der Waals surface area contributed by atoms with Gasteiger partial charge in [0.2, 0.25) is 0 Å². The smallest absolute Gasteiger partial charge is 0.271 e. The van der Waals surface area contributed by atoms with Gasteiger partial charge in [0.1, 0.15) is 11.4 Å². The zero-order valence-electron chi connectivity index (χ0n) is 19.7. The Labute approximate surface area is 193 Å². The van der Waals surface area contributed by atoms with Crippen LogP contribution in [0.5, 0.6) is 5.75 Å². The Kier molecular flexibility index (Phi) is 6.05. The number of nitrogens with zero attached hydrogens (tertiary/aromatic N) is 2. The summed E-state index contributed by atoms with van der Waals surface area (Å²) in [5, 5.41) is 1.41. The van der Waals surface area contributed by atoms with Gasteiger partial charge in [-0.2, -0.15) is 0 Å². The molecule has 0 fully saturated rings. The largest absolute Gasteiger partial charge is 0.496 e. The van der Waals surface area contributed by atoms with E-state index in [0.29, 0.717) is 17.6 Å². The SMILES string of the molecule is COc1ccccc1CN(C)C(=O)c1c(-c2ccccc2)c2cc(C)c(C)cc2c(=O)n1C. The summed E-state index contributed by atoms with van der Waals surface area (Å²) in [6.45, 7) is 4.38. The van der Waals surface area contributed by atoms with Gasteiger partial charge in [-0.05, 0) is 48.1 Å². The van der Waals surface area contributed by atoms with Crippen molar-refractivity contribution in [2.75, 3.05) is 14.2 Å². The van der Waals surface area contributed by atoms with Crippen molar-refractivity contribution in [2.24, 2.45) is 7.05 Å². The van der Waals surface area contributed by atoms with Crippen LogP contribution in [0.4, 0.5) is 0 Å². The Morgan fingerprint density at radius 1 is 0.939 bits per heavy atom. The number of rotatable bonds is 5. The van der Waals surface area contributed by atoms with Gasteiger partial charge in [-0.1, -0.05) is 54.6 Å². The van der Waals surface area contributed by atoms with E-state index in [-0.39, 0.29) is 11.5 Å². The molecule has 0 unspecified atom stereocenters. The molecule has 4 aromatic rings. The number of pyridine rings is 1. The molecule has 33 heavy (non-hydrogen) atoms. The van der Waals surface area contributed by atoms with E-state index >= 15 is 0 Å². The molecule has 0 saturated carbocycles. The molecule has 0 aliphatic rings. The topological polar surface area (TPSA) is 51.5 Å². The quantitative estimate of drug-likeness (QED) is 0.434. The number of methoxy groups -OCH3 is 1. The van der Waals surface area contributed by atoms with Gasteiger partial charge in [0.05, 0.1) is 7.11 Å². The molecule has 1 amide bonds. The van der Waals surface area contributed by atoms with Crippen LogP contribution in [0.2, 0.25) is 0 Å². The predicted octanol–water partition coefficient (Wildman–Crippen LogP) is 5.10. The van der Waals surface area contributed by atoms with E-state index in [1.165, 1.54) is 4.57 Å². The molecular formula is C28H28N2O3. The molecule has 0 aliphatic carbocycles. The molecule has 5 nitrogen and oxygen atoms in total. The maximum Gasteiger partial charge on any atom is 0.271 e. The van der Waals surface area contributed by atoms with Crippen LogP contribution in [0, 0.1) is 13.8 Å². The first-order chi connectivity index (χ1) is 15.8. The van der Waals surface area contributed by atoms with Crippen LogP contribution in [-0.4, -0.2) is 29.5 Å². The molecule has 0 bridgehead atoms. The van der Waals surface area contributed by atoms with E-state index in [0.717, 1.165) is 39.0 Å². The highest BCUT2D eigenvalue weighted by Gasteiger charge is 2.25. The van der Waals surface area contributed by atoms with Gasteiger partial charge in [0.25, 0.3) is 11.5 Å². The third-order valence-electron chi connectivity index (χ3n) is 6.22. The monoisotopic (exact) mass is 440 g/mol. The van der Waals surface area contributed by atoms with Crippen LogP contribution in [0.1, 0.15) is 27.2 Å². The number of aromatic nitrogens is 1. The predicted molar refractivity (Wildman–Crippen MR) is 133 cm³/mol. The van der Waals surface area contributed by atoms with Crippen LogP contribution < -0.4 is 10.3 Å². The van der Waals surface area contributed by atoms with Gasteiger partial charge in [-0.25, -0.2) is 0 Å². The second kappa shape index (κ2) is 8.94. The number of carbonyl (C=O) groups excluding carboxylic acids is 1. The molecule has 3 aromatic carbocycles. The second-order valence-electron chi connectivity index (χ2n) is 8.41. The zero-order chi connectivity index (χ0) is 23.7. The Morgan fingerprint density at radius 2 is 1.55 bits per heavy atom. The number of para-hydroxylation sites is 1. The van der Waals surface area contributed by atoms with E-state index in [2.05, 4.69) is 0 Å². The van der Waals surface area contributed by atoms with Crippen molar-refractivity contribution in [1.82, 2.24) is 9.47 Å². The lowest BCUT2D eigenvalue weighted by molar-refractivity contribution is 0.0774. The molecule has 1 heterocycles. The van der Waals surface area contributed by atoms with Crippen molar-refractivity contribution < 1.29 is 9.53 Å². The summed E-state index contributed by atoms with van der Waals surface area (Å²) < 4.78 is 6.94. The summed E-state index contributed by atoms with van der Waals surface area (Å²) in [6, 6.07) is 21.4. The van der Waals surface area contributed by atoms with Crippen molar-refractivity contribution in [2.45, 2.75) is 20.4 Å². The van der Waals surface area contributed by atoms with Crippen LogP contribution in [-0.2, 0) is 13.6 Å². The van der Waals surface area contributed by atoms with E-state index in [9.17, 15) is 9.59 Å². The fraction of sp³-hybridized carbons (Fsp3) is 0.214. The number of amides is 1. The average molecular weight is 441 g/mol. The Bertz CT molecular complexity index is 1400. The molecule has 0 radical (unpaired) electrons.